The number of nitrogens with zero attached hydrogens (tertiary/aromatic N) is 3. The van der Waals surface area contributed by atoms with Crippen LogP contribution >= 0.6 is 0 Å². The highest BCUT2D eigenvalue weighted by molar-refractivity contribution is 5.46. The van der Waals surface area contributed by atoms with Crippen molar-refractivity contribution in [2.45, 2.75) is 6.42 Å². The Labute approximate surface area is 99.6 Å². The lowest BCUT2D eigenvalue weighted by Gasteiger charge is -2.14. The summed E-state index contributed by atoms with van der Waals surface area (Å²) in [6, 6.07) is 3.84. The summed E-state index contributed by atoms with van der Waals surface area (Å²) in [5.74, 6) is 0.900. The van der Waals surface area contributed by atoms with Crippen molar-refractivity contribution in [1.29, 1.82) is 0 Å². The number of hydrogen-bond acceptors (Lipinski definition) is 4. The number of aromatic nitrogens is 3. The maximum absolute atomic E-state index is 4.47. The van der Waals surface area contributed by atoms with Crippen LogP contribution in [0.2, 0.25) is 0 Å². The van der Waals surface area contributed by atoms with Crippen molar-refractivity contribution < 1.29 is 0 Å². The Morgan fingerprint density at radius 2 is 2.41 bits per heavy atom. The van der Waals surface area contributed by atoms with Crippen LogP contribution < -0.4 is 10.6 Å². The normalized spacial score (nSPS) is 15.9. The molecular formula is C12H15N5. The van der Waals surface area contributed by atoms with E-state index in [0.29, 0.717) is 0 Å². The van der Waals surface area contributed by atoms with E-state index in [1.807, 2.05) is 18.3 Å². The minimum Gasteiger partial charge on any atom is -0.366 e. The lowest BCUT2D eigenvalue weighted by atomic mass is 10.1. The predicted molar refractivity (Wildman–Crippen MR) is 67.0 cm³/mol. The Morgan fingerprint density at radius 3 is 3.29 bits per heavy atom. The van der Waals surface area contributed by atoms with Crippen molar-refractivity contribution in [3.63, 3.8) is 0 Å². The van der Waals surface area contributed by atoms with E-state index in [2.05, 4.69) is 26.8 Å². The summed E-state index contributed by atoms with van der Waals surface area (Å²) in [5.41, 5.74) is 2.31. The molecule has 0 saturated carbocycles. The topological polar surface area (TPSA) is 54.2 Å². The van der Waals surface area contributed by atoms with Gasteiger partial charge in [0.05, 0.1) is 6.20 Å². The molecule has 0 atom stereocenters. The smallest absolute Gasteiger partial charge is 0.157 e. The highest BCUT2D eigenvalue weighted by Gasteiger charge is 2.03. The first-order valence-electron chi connectivity index (χ1n) is 5.85. The van der Waals surface area contributed by atoms with Crippen LogP contribution in [-0.4, -0.2) is 34.2 Å². The average molecular weight is 229 g/mol. The molecule has 2 aromatic heterocycles. The number of fused-ring (bicyclic) bond motifs is 1. The second kappa shape index (κ2) is 4.55. The standard InChI is InChI=1S/C12H15N5/c1-5-13-6-2-10(1)9-14-11-4-8-17-12(16-11)3-7-15-17/h1,3-4,7-8,13H,2,5-6,9H2,(H,14,16). The molecule has 1 aliphatic heterocycles. The summed E-state index contributed by atoms with van der Waals surface area (Å²) in [5, 5.41) is 10.8. The van der Waals surface area contributed by atoms with Gasteiger partial charge in [-0.3, -0.25) is 0 Å². The summed E-state index contributed by atoms with van der Waals surface area (Å²) in [6.45, 7) is 2.92. The molecule has 0 aliphatic carbocycles. The van der Waals surface area contributed by atoms with Gasteiger partial charge in [-0.05, 0) is 19.0 Å². The fourth-order valence-electron chi connectivity index (χ4n) is 1.95. The van der Waals surface area contributed by atoms with Gasteiger partial charge in [0.1, 0.15) is 5.82 Å². The van der Waals surface area contributed by atoms with E-state index in [9.17, 15) is 0 Å². The maximum Gasteiger partial charge on any atom is 0.157 e. The van der Waals surface area contributed by atoms with Gasteiger partial charge in [-0.1, -0.05) is 11.6 Å². The summed E-state index contributed by atoms with van der Waals surface area (Å²) < 4.78 is 1.76. The van der Waals surface area contributed by atoms with Crippen LogP contribution in [0.4, 0.5) is 5.82 Å². The fraction of sp³-hybridized carbons (Fsp3) is 0.333. The molecule has 88 valence electrons. The van der Waals surface area contributed by atoms with Crippen molar-refractivity contribution in [2.75, 3.05) is 25.0 Å². The molecule has 0 fully saturated rings. The zero-order chi connectivity index (χ0) is 11.5. The molecule has 0 unspecified atom stereocenters. The molecule has 3 rings (SSSR count). The fourth-order valence-corrected chi connectivity index (χ4v) is 1.95. The van der Waals surface area contributed by atoms with Gasteiger partial charge < -0.3 is 10.6 Å². The highest BCUT2D eigenvalue weighted by Crippen LogP contribution is 2.09. The van der Waals surface area contributed by atoms with Crippen LogP contribution in [0, 0.1) is 0 Å². The predicted octanol–water partition coefficient (Wildman–Crippen LogP) is 1.06. The third kappa shape index (κ3) is 2.29. The molecule has 0 radical (unpaired) electrons. The summed E-state index contributed by atoms with van der Waals surface area (Å²) in [4.78, 5) is 4.47. The molecule has 0 amide bonds. The van der Waals surface area contributed by atoms with Crippen LogP contribution in [0.1, 0.15) is 6.42 Å². The summed E-state index contributed by atoms with van der Waals surface area (Å²) in [6.07, 6.45) is 7.03. The van der Waals surface area contributed by atoms with Crippen molar-refractivity contribution in [3.05, 3.63) is 36.2 Å². The Morgan fingerprint density at radius 1 is 1.41 bits per heavy atom. The number of anilines is 1. The van der Waals surface area contributed by atoms with Gasteiger partial charge >= 0.3 is 0 Å². The second-order valence-electron chi connectivity index (χ2n) is 4.12. The molecule has 0 bridgehead atoms. The average Bonchev–Trinajstić information content (AvgIpc) is 2.85. The van der Waals surface area contributed by atoms with Gasteiger partial charge in [0.25, 0.3) is 0 Å². The molecule has 3 heterocycles. The molecule has 1 aliphatic rings. The molecule has 5 nitrogen and oxygen atoms in total. The molecular weight excluding hydrogens is 214 g/mol. The number of rotatable bonds is 3. The van der Waals surface area contributed by atoms with Crippen LogP contribution in [0.15, 0.2) is 36.2 Å². The third-order valence-corrected chi connectivity index (χ3v) is 2.91. The van der Waals surface area contributed by atoms with Crippen LogP contribution in [-0.2, 0) is 0 Å². The van der Waals surface area contributed by atoms with E-state index in [4.69, 9.17) is 0 Å². The zero-order valence-corrected chi connectivity index (χ0v) is 9.56. The largest absolute Gasteiger partial charge is 0.366 e. The maximum atomic E-state index is 4.47. The van der Waals surface area contributed by atoms with Gasteiger partial charge in [0.2, 0.25) is 0 Å². The van der Waals surface area contributed by atoms with Crippen molar-refractivity contribution in [2.24, 2.45) is 0 Å². The molecule has 17 heavy (non-hydrogen) atoms. The Kier molecular flexibility index (Phi) is 2.75. The van der Waals surface area contributed by atoms with E-state index in [-0.39, 0.29) is 0 Å². The van der Waals surface area contributed by atoms with Gasteiger partial charge in [-0.25, -0.2) is 9.50 Å². The Balaban J connectivity index is 1.69. The summed E-state index contributed by atoms with van der Waals surface area (Å²) in [7, 11) is 0. The number of nitrogens with one attached hydrogen (secondary N) is 2. The van der Waals surface area contributed by atoms with E-state index >= 15 is 0 Å². The van der Waals surface area contributed by atoms with Crippen molar-refractivity contribution in [1.82, 2.24) is 19.9 Å². The lowest BCUT2D eigenvalue weighted by molar-refractivity contribution is 0.697. The Hall–Kier alpha value is -1.88. The van der Waals surface area contributed by atoms with E-state index in [1.165, 1.54) is 5.57 Å². The molecule has 2 N–H and O–H groups in total. The van der Waals surface area contributed by atoms with Gasteiger partial charge in [-0.15, -0.1) is 0 Å². The first kappa shape index (κ1) is 10.3. The highest BCUT2D eigenvalue weighted by atomic mass is 15.2. The molecule has 5 heteroatoms. The lowest BCUT2D eigenvalue weighted by Crippen LogP contribution is -2.23. The minimum absolute atomic E-state index is 0.870. The van der Waals surface area contributed by atoms with Gasteiger partial charge in [0.15, 0.2) is 5.65 Å². The molecule has 0 saturated heterocycles. The third-order valence-electron chi connectivity index (χ3n) is 2.91. The Bertz CT molecular complexity index is 543. The van der Waals surface area contributed by atoms with Crippen LogP contribution in [0.5, 0.6) is 0 Å². The van der Waals surface area contributed by atoms with Gasteiger partial charge in [-0.2, -0.15) is 5.10 Å². The zero-order valence-electron chi connectivity index (χ0n) is 9.56. The van der Waals surface area contributed by atoms with Crippen molar-refractivity contribution >= 4 is 11.5 Å². The van der Waals surface area contributed by atoms with Crippen LogP contribution in [0.25, 0.3) is 5.65 Å². The second-order valence-corrected chi connectivity index (χ2v) is 4.12. The van der Waals surface area contributed by atoms with E-state index in [1.54, 1.807) is 10.7 Å². The number of hydrogen-bond donors (Lipinski definition) is 2. The van der Waals surface area contributed by atoms with Gasteiger partial charge in [0, 0.05) is 25.4 Å². The van der Waals surface area contributed by atoms with Crippen molar-refractivity contribution in [3.8, 4) is 0 Å². The first-order chi connectivity index (χ1) is 8.42. The molecule has 0 aromatic carbocycles. The minimum atomic E-state index is 0.870. The summed E-state index contributed by atoms with van der Waals surface area (Å²) >= 11 is 0. The van der Waals surface area contributed by atoms with Crippen LogP contribution in [0.3, 0.4) is 0 Å². The van der Waals surface area contributed by atoms with E-state index < -0.39 is 0 Å². The molecule has 0 spiro atoms. The van der Waals surface area contributed by atoms with E-state index in [0.717, 1.165) is 37.5 Å². The SMILES string of the molecule is C1=C(CNc2ccn3nccc3n2)CCNC1. The first-order valence-corrected chi connectivity index (χ1v) is 5.85. The molecule has 2 aromatic rings. The quantitative estimate of drug-likeness (QED) is 0.773. The monoisotopic (exact) mass is 229 g/mol.